The first-order chi connectivity index (χ1) is 5.54. The Labute approximate surface area is 75.7 Å². The molecule has 1 heterocycles. The Kier molecular flexibility index (Phi) is 2.72. The molecule has 0 atom stereocenters. The summed E-state index contributed by atoms with van der Waals surface area (Å²) in [4.78, 5) is 3.57. The van der Waals surface area contributed by atoms with E-state index in [4.69, 9.17) is 0 Å². The summed E-state index contributed by atoms with van der Waals surface area (Å²) in [5, 5.41) is 0. The number of hydrogen-bond acceptors (Lipinski definition) is 1. The van der Waals surface area contributed by atoms with Gasteiger partial charge in [-0.05, 0) is 22.9 Å². The van der Waals surface area contributed by atoms with E-state index < -0.39 is 17.8 Å². The summed E-state index contributed by atoms with van der Waals surface area (Å²) in [6, 6.07) is 0. The second-order valence-corrected chi connectivity index (χ2v) is 3.01. The quantitative estimate of drug-likeness (QED) is 0.734. The number of alkyl halides is 2. The molecule has 0 aliphatic heterocycles. The van der Waals surface area contributed by atoms with Crippen LogP contribution < -0.4 is 0 Å². The molecule has 0 aliphatic rings. The van der Waals surface area contributed by atoms with Gasteiger partial charge in [-0.1, -0.05) is 0 Å². The summed E-state index contributed by atoms with van der Waals surface area (Å²) in [5.74, 6) is -0.984. The number of hydrogen-bond donors (Lipinski definition) is 0. The summed E-state index contributed by atoms with van der Waals surface area (Å²) in [6.07, 6.45) is -2.03. The summed E-state index contributed by atoms with van der Waals surface area (Å²) >= 11 is 2.85. The Hall–Kier alpha value is -0.580. The van der Waals surface area contributed by atoms with E-state index in [1.54, 1.807) is 0 Å². The van der Waals surface area contributed by atoms with Crippen LogP contribution in [0.5, 0.6) is 0 Å². The molecule has 0 fully saturated rings. The van der Waals surface area contributed by atoms with Crippen molar-refractivity contribution in [1.82, 2.24) is 4.98 Å². The van der Waals surface area contributed by atoms with Crippen LogP contribution in [0.3, 0.4) is 0 Å². The van der Waals surface area contributed by atoms with Gasteiger partial charge in [-0.15, -0.1) is 0 Å². The lowest BCUT2D eigenvalue weighted by atomic mass is 10.2. The zero-order chi connectivity index (χ0) is 9.30. The smallest absolute Gasteiger partial charge is 0.257 e. The molecule has 1 aromatic rings. The summed E-state index contributed by atoms with van der Waals surface area (Å²) in [6.45, 7) is 1.52. The minimum absolute atomic E-state index is 0.0394. The second kappa shape index (κ2) is 3.43. The average Bonchev–Trinajstić information content (AvgIpc) is 1.97. The van der Waals surface area contributed by atoms with E-state index >= 15 is 0 Å². The van der Waals surface area contributed by atoms with Crippen molar-refractivity contribution >= 4 is 15.9 Å². The van der Waals surface area contributed by atoms with E-state index in [2.05, 4.69) is 20.9 Å². The molecule has 1 nitrogen and oxygen atoms in total. The number of rotatable bonds is 1. The number of aryl methyl sites for hydroxylation is 1. The molecule has 66 valence electrons. The van der Waals surface area contributed by atoms with Gasteiger partial charge in [0.05, 0.1) is 21.9 Å². The molecule has 0 N–H and O–H groups in total. The maximum Gasteiger partial charge on any atom is 0.267 e. The standard InChI is InChI=1S/C7H5BrF3N/c1-3-6(8)5(7(10)11)4(9)2-12-3/h2,7H,1H3. The number of aromatic nitrogens is 1. The highest BCUT2D eigenvalue weighted by molar-refractivity contribution is 9.10. The topological polar surface area (TPSA) is 12.9 Å². The number of pyridine rings is 1. The average molecular weight is 240 g/mol. The highest BCUT2D eigenvalue weighted by atomic mass is 79.9. The van der Waals surface area contributed by atoms with Gasteiger partial charge in [-0.3, -0.25) is 4.98 Å². The first-order valence-corrected chi connectivity index (χ1v) is 3.92. The molecule has 5 heteroatoms. The highest BCUT2D eigenvalue weighted by Crippen LogP contribution is 2.30. The lowest BCUT2D eigenvalue weighted by Gasteiger charge is -2.05. The van der Waals surface area contributed by atoms with Crippen molar-refractivity contribution in [2.45, 2.75) is 13.3 Å². The third kappa shape index (κ3) is 1.60. The fourth-order valence-corrected chi connectivity index (χ4v) is 1.24. The second-order valence-electron chi connectivity index (χ2n) is 2.22. The van der Waals surface area contributed by atoms with E-state index in [9.17, 15) is 13.2 Å². The Bertz CT molecular complexity index is 301. The van der Waals surface area contributed by atoms with Crippen molar-refractivity contribution in [2.75, 3.05) is 0 Å². The zero-order valence-electron chi connectivity index (χ0n) is 6.11. The fourth-order valence-electron chi connectivity index (χ4n) is 0.779. The van der Waals surface area contributed by atoms with E-state index in [1.165, 1.54) is 6.92 Å². The van der Waals surface area contributed by atoms with Crippen LogP contribution in [0, 0.1) is 12.7 Å². The number of halogens is 4. The predicted molar refractivity (Wildman–Crippen MR) is 41.6 cm³/mol. The number of nitrogens with zero attached hydrogens (tertiary/aromatic N) is 1. The maximum absolute atomic E-state index is 12.7. The van der Waals surface area contributed by atoms with Crippen molar-refractivity contribution in [3.63, 3.8) is 0 Å². The zero-order valence-corrected chi connectivity index (χ0v) is 7.70. The lowest BCUT2D eigenvalue weighted by molar-refractivity contribution is 0.145. The van der Waals surface area contributed by atoms with Crippen molar-refractivity contribution < 1.29 is 13.2 Å². The van der Waals surface area contributed by atoms with Gasteiger partial charge in [0.1, 0.15) is 0 Å². The molecule has 1 rings (SSSR count). The molecular weight excluding hydrogens is 235 g/mol. The molecule has 0 spiro atoms. The highest BCUT2D eigenvalue weighted by Gasteiger charge is 2.18. The van der Waals surface area contributed by atoms with Gasteiger partial charge >= 0.3 is 0 Å². The summed E-state index contributed by atoms with van der Waals surface area (Å²) < 4.78 is 37.1. The molecule has 0 bridgehead atoms. The summed E-state index contributed by atoms with van der Waals surface area (Å²) in [7, 11) is 0. The van der Waals surface area contributed by atoms with E-state index in [-0.39, 0.29) is 4.47 Å². The van der Waals surface area contributed by atoms with Crippen molar-refractivity contribution in [3.05, 3.63) is 27.7 Å². The van der Waals surface area contributed by atoms with Gasteiger partial charge in [-0.2, -0.15) is 0 Å². The van der Waals surface area contributed by atoms with Gasteiger partial charge in [0.25, 0.3) is 6.43 Å². The Morgan fingerprint density at radius 1 is 1.50 bits per heavy atom. The Morgan fingerprint density at radius 3 is 2.50 bits per heavy atom. The molecule has 0 aliphatic carbocycles. The van der Waals surface area contributed by atoms with Gasteiger partial charge in [0.15, 0.2) is 5.82 Å². The Morgan fingerprint density at radius 2 is 2.08 bits per heavy atom. The van der Waals surface area contributed by atoms with Crippen LogP contribution in [0.2, 0.25) is 0 Å². The van der Waals surface area contributed by atoms with Gasteiger partial charge in [0, 0.05) is 0 Å². The van der Waals surface area contributed by atoms with E-state index in [1.807, 2.05) is 0 Å². The third-order valence-electron chi connectivity index (χ3n) is 1.40. The molecule has 1 aromatic heterocycles. The molecule has 12 heavy (non-hydrogen) atoms. The minimum atomic E-state index is -2.82. The molecule has 0 aromatic carbocycles. The van der Waals surface area contributed by atoms with Crippen LogP contribution in [0.15, 0.2) is 10.7 Å². The molecular formula is C7H5BrF3N. The van der Waals surface area contributed by atoms with E-state index in [0.717, 1.165) is 6.20 Å². The monoisotopic (exact) mass is 239 g/mol. The van der Waals surface area contributed by atoms with Crippen LogP contribution in [-0.4, -0.2) is 4.98 Å². The molecule has 0 saturated heterocycles. The largest absolute Gasteiger partial charge is 0.267 e. The first kappa shape index (κ1) is 9.51. The van der Waals surface area contributed by atoms with Gasteiger partial charge in [-0.25, -0.2) is 13.2 Å². The van der Waals surface area contributed by atoms with Crippen molar-refractivity contribution in [3.8, 4) is 0 Å². The van der Waals surface area contributed by atoms with Crippen LogP contribution in [0.1, 0.15) is 17.7 Å². The SMILES string of the molecule is Cc1ncc(F)c(C(F)F)c1Br. The van der Waals surface area contributed by atoms with Crippen LogP contribution in [0.4, 0.5) is 13.2 Å². The fraction of sp³-hybridized carbons (Fsp3) is 0.286. The third-order valence-corrected chi connectivity index (χ3v) is 2.40. The maximum atomic E-state index is 12.7. The van der Waals surface area contributed by atoms with Crippen molar-refractivity contribution in [1.29, 1.82) is 0 Å². The van der Waals surface area contributed by atoms with Crippen LogP contribution >= 0.6 is 15.9 Å². The van der Waals surface area contributed by atoms with Crippen LogP contribution in [0.25, 0.3) is 0 Å². The molecule has 0 amide bonds. The predicted octanol–water partition coefficient (Wildman–Crippen LogP) is 3.23. The summed E-state index contributed by atoms with van der Waals surface area (Å²) in [5.41, 5.74) is -0.269. The normalized spacial score (nSPS) is 10.8. The van der Waals surface area contributed by atoms with E-state index in [0.29, 0.717) is 5.69 Å². The first-order valence-electron chi connectivity index (χ1n) is 3.12. The van der Waals surface area contributed by atoms with Gasteiger partial charge in [0.2, 0.25) is 0 Å². The lowest BCUT2D eigenvalue weighted by Crippen LogP contribution is -1.96. The minimum Gasteiger partial charge on any atom is -0.257 e. The molecule has 0 radical (unpaired) electrons. The van der Waals surface area contributed by atoms with Crippen molar-refractivity contribution in [2.24, 2.45) is 0 Å². The van der Waals surface area contributed by atoms with Gasteiger partial charge < -0.3 is 0 Å². The molecule has 0 saturated carbocycles. The molecule has 0 unspecified atom stereocenters. The van der Waals surface area contributed by atoms with Crippen LogP contribution in [-0.2, 0) is 0 Å². The Balaban J connectivity index is 3.33.